The van der Waals surface area contributed by atoms with E-state index >= 15 is 0 Å². The third-order valence-corrected chi connectivity index (χ3v) is 3.64. The van der Waals surface area contributed by atoms with Gasteiger partial charge in [-0.2, -0.15) is 0 Å². The van der Waals surface area contributed by atoms with Gasteiger partial charge in [-0.05, 0) is 46.8 Å². The van der Waals surface area contributed by atoms with Gasteiger partial charge in [0.1, 0.15) is 0 Å². The zero-order valence-electron chi connectivity index (χ0n) is 11.7. The number of likely N-dealkylation sites (N-methyl/N-ethyl adjacent to an activating group) is 1. The van der Waals surface area contributed by atoms with E-state index in [1.165, 1.54) is 25.9 Å². The Morgan fingerprint density at radius 2 is 2.24 bits per heavy atom. The Hall–Kier alpha value is -0.160. The van der Waals surface area contributed by atoms with E-state index in [-0.39, 0.29) is 6.10 Å². The summed E-state index contributed by atoms with van der Waals surface area (Å²) in [5.74, 6) is 0. The summed E-state index contributed by atoms with van der Waals surface area (Å²) in [5, 5.41) is 0. The first-order valence-corrected chi connectivity index (χ1v) is 6.87. The Bertz CT molecular complexity index is 199. The fourth-order valence-electron chi connectivity index (χ4n) is 2.49. The molecule has 0 saturated carbocycles. The first kappa shape index (κ1) is 14.9. The number of nitrogens with two attached hydrogens (primary N) is 1. The Morgan fingerprint density at radius 1 is 1.47 bits per heavy atom. The van der Waals surface area contributed by atoms with E-state index in [9.17, 15) is 0 Å². The van der Waals surface area contributed by atoms with Crippen LogP contribution in [0.1, 0.15) is 26.2 Å². The van der Waals surface area contributed by atoms with Crippen LogP contribution in [0, 0.1) is 0 Å². The van der Waals surface area contributed by atoms with Crippen molar-refractivity contribution in [1.82, 2.24) is 9.80 Å². The van der Waals surface area contributed by atoms with Gasteiger partial charge in [0.05, 0.1) is 6.10 Å². The molecule has 1 heterocycles. The van der Waals surface area contributed by atoms with Crippen molar-refractivity contribution in [3.8, 4) is 0 Å². The van der Waals surface area contributed by atoms with Crippen LogP contribution >= 0.6 is 0 Å². The summed E-state index contributed by atoms with van der Waals surface area (Å²) in [6, 6.07) is 0.715. The molecular formula is C13H29N3O. The largest absolute Gasteiger partial charge is 0.377 e. The lowest BCUT2D eigenvalue weighted by molar-refractivity contribution is 0.0471. The first-order chi connectivity index (χ1) is 8.17. The molecule has 1 aliphatic rings. The molecule has 0 aromatic heterocycles. The van der Waals surface area contributed by atoms with Crippen LogP contribution in [0.15, 0.2) is 0 Å². The van der Waals surface area contributed by atoms with E-state index in [1.807, 2.05) is 6.92 Å². The van der Waals surface area contributed by atoms with Gasteiger partial charge in [-0.1, -0.05) is 0 Å². The van der Waals surface area contributed by atoms with Gasteiger partial charge in [0, 0.05) is 32.3 Å². The molecule has 0 aromatic carbocycles. The summed E-state index contributed by atoms with van der Waals surface area (Å²) in [7, 11) is 4.36. The third-order valence-electron chi connectivity index (χ3n) is 3.64. The van der Waals surface area contributed by atoms with Crippen LogP contribution in [0.25, 0.3) is 0 Å². The van der Waals surface area contributed by atoms with Crippen molar-refractivity contribution in [1.29, 1.82) is 0 Å². The maximum absolute atomic E-state index is 5.70. The van der Waals surface area contributed by atoms with Crippen molar-refractivity contribution < 1.29 is 4.74 Å². The summed E-state index contributed by atoms with van der Waals surface area (Å²) in [5.41, 5.74) is 5.70. The molecule has 17 heavy (non-hydrogen) atoms. The topological polar surface area (TPSA) is 41.7 Å². The van der Waals surface area contributed by atoms with Gasteiger partial charge >= 0.3 is 0 Å². The highest BCUT2D eigenvalue weighted by Crippen LogP contribution is 2.14. The number of nitrogens with zero attached hydrogens (tertiary/aromatic N) is 2. The summed E-state index contributed by atoms with van der Waals surface area (Å²) in [4.78, 5) is 4.89. The van der Waals surface area contributed by atoms with E-state index in [4.69, 9.17) is 10.5 Å². The predicted octanol–water partition coefficient (Wildman–Crippen LogP) is 0.766. The van der Waals surface area contributed by atoms with E-state index in [1.54, 1.807) is 0 Å². The summed E-state index contributed by atoms with van der Waals surface area (Å²) in [6.45, 7) is 6.98. The lowest BCUT2D eigenvalue weighted by atomic mass is 10.0. The van der Waals surface area contributed by atoms with Crippen molar-refractivity contribution in [3.63, 3.8) is 0 Å². The molecule has 0 bridgehead atoms. The molecule has 4 nitrogen and oxygen atoms in total. The second-order valence-corrected chi connectivity index (χ2v) is 5.16. The highest BCUT2D eigenvalue weighted by Gasteiger charge is 2.21. The minimum Gasteiger partial charge on any atom is -0.377 e. The zero-order valence-corrected chi connectivity index (χ0v) is 11.7. The normalized spacial score (nSPS) is 24.2. The molecule has 1 fully saturated rings. The van der Waals surface area contributed by atoms with E-state index < -0.39 is 0 Å². The Kier molecular flexibility index (Phi) is 7.04. The number of hydrogen-bond acceptors (Lipinski definition) is 4. The summed E-state index contributed by atoms with van der Waals surface area (Å²) in [6.07, 6.45) is 3.93. The van der Waals surface area contributed by atoms with Crippen molar-refractivity contribution in [2.75, 3.05) is 46.9 Å². The molecule has 2 unspecified atom stereocenters. The molecule has 2 N–H and O–H groups in total. The highest BCUT2D eigenvalue weighted by molar-refractivity contribution is 4.78. The lowest BCUT2D eigenvalue weighted by Crippen LogP contribution is -2.46. The van der Waals surface area contributed by atoms with Crippen molar-refractivity contribution in [2.24, 2.45) is 5.73 Å². The van der Waals surface area contributed by atoms with Gasteiger partial charge < -0.3 is 20.3 Å². The van der Waals surface area contributed by atoms with Crippen LogP contribution in [0.4, 0.5) is 0 Å². The SMILES string of the molecule is CCOC(CN)CCN1CCCC(N(C)C)C1. The molecule has 2 atom stereocenters. The molecule has 4 heteroatoms. The van der Waals surface area contributed by atoms with Gasteiger partial charge in [-0.15, -0.1) is 0 Å². The average Bonchev–Trinajstić information content (AvgIpc) is 2.34. The van der Waals surface area contributed by atoms with Crippen LogP contribution < -0.4 is 5.73 Å². The third kappa shape index (κ3) is 5.34. The van der Waals surface area contributed by atoms with E-state index in [0.717, 1.165) is 19.6 Å². The summed E-state index contributed by atoms with van der Waals surface area (Å²) >= 11 is 0. The fourth-order valence-corrected chi connectivity index (χ4v) is 2.49. The fraction of sp³-hybridized carbons (Fsp3) is 1.00. The van der Waals surface area contributed by atoms with Gasteiger partial charge in [0.2, 0.25) is 0 Å². The first-order valence-electron chi connectivity index (χ1n) is 6.87. The van der Waals surface area contributed by atoms with E-state index in [2.05, 4.69) is 23.9 Å². The van der Waals surface area contributed by atoms with Crippen LogP contribution in [0.3, 0.4) is 0 Å². The van der Waals surface area contributed by atoms with Crippen molar-refractivity contribution >= 4 is 0 Å². The molecular weight excluding hydrogens is 214 g/mol. The molecule has 0 spiro atoms. The number of hydrogen-bond donors (Lipinski definition) is 1. The van der Waals surface area contributed by atoms with Crippen molar-refractivity contribution in [3.05, 3.63) is 0 Å². The molecule has 102 valence electrons. The number of ether oxygens (including phenoxy) is 1. The van der Waals surface area contributed by atoms with Crippen molar-refractivity contribution in [2.45, 2.75) is 38.3 Å². The molecule has 0 aromatic rings. The van der Waals surface area contributed by atoms with Gasteiger partial charge in [0.25, 0.3) is 0 Å². The van der Waals surface area contributed by atoms with Gasteiger partial charge in [-0.3, -0.25) is 0 Å². The molecule has 1 rings (SSSR count). The van der Waals surface area contributed by atoms with Crippen LogP contribution in [0.2, 0.25) is 0 Å². The second-order valence-electron chi connectivity index (χ2n) is 5.16. The maximum Gasteiger partial charge on any atom is 0.0709 e. The minimum absolute atomic E-state index is 0.236. The number of likely N-dealkylation sites (tertiary alicyclic amines) is 1. The second kappa shape index (κ2) is 8.03. The van der Waals surface area contributed by atoms with E-state index in [0.29, 0.717) is 12.6 Å². The highest BCUT2D eigenvalue weighted by atomic mass is 16.5. The lowest BCUT2D eigenvalue weighted by Gasteiger charge is -2.36. The van der Waals surface area contributed by atoms with Crippen LogP contribution in [-0.2, 0) is 4.74 Å². The summed E-state index contributed by atoms with van der Waals surface area (Å²) < 4.78 is 5.59. The molecule has 1 aliphatic heterocycles. The molecule has 0 aliphatic carbocycles. The standard InChI is InChI=1S/C13H29N3O/c1-4-17-13(10-14)7-9-16-8-5-6-12(11-16)15(2)3/h12-13H,4-11,14H2,1-3H3. The average molecular weight is 243 g/mol. The Morgan fingerprint density at radius 3 is 2.82 bits per heavy atom. The maximum atomic E-state index is 5.70. The quantitative estimate of drug-likeness (QED) is 0.717. The van der Waals surface area contributed by atoms with Crippen LogP contribution in [0.5, 0.6) is 0 Å². The van der Waals surface area contributed by atoms with Gasteiger partial charge in [0.15, 0.2) is 0 Å². The zero-order chi connectivity index (χ0) is 12.7. The Balaban J connectivity index is 2.26. The Labute approximate surface area is 106 Å². The van der Waals surface area contributed by atoms with Gasteiger partial charge in [-0.25, -0.2) is 0 Å². The van der Waals surface area contributed by atoms with Crippen LogP contribution in [-0.4, -0.2) is 68.8 Å². The number of piperidine rings is 1. The minimum atomic E-state index is 0.236. The smallest absolute Gasteiger partial charge is 0.0709 e. The molecule has 0 radical (unpaired) electrons. The molecule has 1 saturated heterocycles. The number of rotatable bonds is 7. The monoisotopic (exact) mass is 243 g/mol. The molecule has 0 amide bonds. The predicted molar refractivity (Wildman–Crippen MR) is 72.2 cm³/mol.